The molecule has 1 atom stereocenters. The number of rotatable bonds is 7. The fourth-order valence-corrected chi connectivity index (χ4v) is 6.22. The summed E-state index contributed by atoms with van der Waals surface area (Å²) in [4.78, 5) is 29.9. The highest BCUT2D eigenvalue weighted by molar-refractivity contribution is 7.17. The minimum atomic E-state index is -0.255. The lowest BCUT2D eigenvalue weighted by Gasteiger charge is -2.33. The normalized spacial score (nSPS) is 18.3. The van der Waals surface area contributed by atoms with Crippen LogP contribution in [-0.4, -0.2) is 63.8 Å². The predicted octanol–water partition coefficient (Wildman–Crippen LogP) is 4.44. The molecule has 2 N–H and O–H groups in total. The van der Waals surface area contributed by atoms with Crippen molar-refractivity contribution >= 4 is 33.8 Å². The molecule has 9 heteroatoms. The Bertz CT molecular complexity index is 1100. The summed E-state index contributed by atoms with van der Waals surface area (Å²) in [6.07, 6.45) is 2.73. The van der Waals surface area contributed by atoms with Gasteiger partial charge in [-0.1, -0.05) is 20.8 Å². The number of morpholine rings is 1. The molecule has 1 fully saturated rings. The molecule has 1 aromatic carbocycles. The van der Waals surface area contributed by atoms with Crippen LogP contribution in [0.15, 0.2) is 18.2 Å². The van der Waals surface area contributed by atoms with Crippen LogP contribution in [0.1, 0.15) is 48.0 Å². The highest BCUT2D eigenvalue weighted by Gasteiger charge is 2.34. The number of carbonyl (C=O) groups excluding carboxylic acids is 2. The van der Waals surface area contributed by atoms with Gasteiger partial charge in [-0.3, -0.25) is 14.5 Å². The number of fused-ring (bicyclic) bond motifs is 1. The summed E-state index contributed by atoms with van der Waals surface area (Å²) < 4.78 is 16.2. The molecular weight excluding hydrogens is 478 g/mol. The third-order valence-corrected chi connectivity index (χ3v) is 8.27. The molecule has 1 aromatic heterocycles. The van der Waals surface area contributed by atoms with Crippen LogP contribution in [0.25, 0.3) is 0 Å². The fourth-order valence-electron chi connectivity index (χ4n) is 4.88. The highest BCUT2D eigenvalue weighted by Crippen LogP contribution is 2.44. The summed E-state index contributed by atoms with van der Waals surface area (Å²) in [5.74, 6) is 1.31. The molecule has 2 aromatic rings. The molecule has 196 valence electrons. The number of carbonyl (C=O) groups is 2. The van der Waals surface area contributed by atoms with Gasteiger partial charge in [0, 0.05) is 24.0 Å². The van der Waals surface area contributed by atoms with Crippen molar-refractivity contribution in [3.05, 3.63) is 34.2 Å². The van der Waals surface area contributed by atoms with Gasteiger partial charge in [-0.2, -0.15) is 0 Å². The minimum Gasteiger partial charge on any atom is -0.497 e. The average molecular weight is 516 g/mol. The SMILES string of the molecule is COc1ccc(OC)c(NC(=O)c2c(NC(=O)CN3CCOCC3)sc3c2CC[C@H](C(C)(C)C)C3)c1. The Morgan fingerprint density at radius 1 is 1.14 bits per heavy atom. The van der Waals surface area contributed by atoms with Crippen LogP contribution in [0.5, 0.6) is 11.5 Å². The lowest BCUT2D eigenvalue weighted by Crippen LogP contribution is -2.41. The molecule has 1 saturated heterocycles. The zero-order valence-electron chi connectivity index (χ0n) is 21.9. The second kappa shape index (κ2) is 11.2. The molecule has 0 radical (unpaired) electrons. The van der Waals surface area contributed by atoms with E-state index >= 15 is 0 Å². The molecule has 4 rings (SSSR count). The molecule has 36 heavy (non-hydrogen) atoms. The monoisotopic (exact) mass is 515 g/mol. The Hall–Kier alpha value is -2.62. The maximum atomic E-state index is 13.7. The maximum absolute atomic E-state index is 13.7. The smallest absolute Gasteiger partial charge is 0.259 e. The van der Waals surface area contributed by atoms with Gasteiger partial charge in [0.05, 0.1) is 45.2 Å². The van der Waals surface area contributed by atoms with Gasteiger partial charge in [-0.15, -0.1) is 11.3 Å². The Morgan fingerprint density at radius 2 is 1.89 bits per heavy atom. The molecule has 8 nitrogen and oxygen atoms in total. The van der Waals surface area contributed by atoms with E-state index in [-0.39, 0.29) is 23.8 Å². The summed E-state index contributed by atoms with van der Waals surface area (Å²) in [5.41, 5.74) is 2.30. The van der Waals surface area contributed by atoms with E-state index < -0.39 is 0 Å². The summed E-state index contributed by atoms with van der Waals surface area (Å²) in [6.45, 7) is 9.80. The molecule has 0 saturated carbocycles. The maximum Gasteiger partial charge on any atom is 0.259 e. The Morgan fingerprint density at radius 3 is 2.56 bits per heavy atom. The first-order valence-corrected chi connectivity index (χ1v) is 13.3. The number of nitrogens with zero attached hydrogens (tertiary/aromatic N) is 1. The second-order valence-electron chi connectivity index (χ2n) is 10.5. The number of hydrogen-bond donors (Lipinski definition) is 2. The van der Waals surface area contributed by atoms with Crippen molar-refractivity contribution < 1.29 is 23.8 Å². The molecule has 1 aliphatic heterocycles. The Balaban J connectivity index is 1.63. The lowest BCUT2D eigenvalue weighted by atomic mass is 9.72. The summed E-state index contributed by atoms with van der Waals surface area (Å²) in [5, 5.41) is 6.69. The third-order valence-electron chi connectivity index (χ3n) is 7.10. The lowest BCUT2D eigenvalue weighted by molar-refractivity contribution is -0.118. The number of thiophene rings is 1. The first kappa shape index (κ1) is 26.4. The standard InChI is InChI=1S/C27H37N3O5S/c1-27(2,3)17-6-8-19-22(14-17)36-26(29-23(31)16-30-10-12-35-13-11-30)24(19)25(32)28-20-15-18(33-4)7-9-21(20)34-5/h7,9,15,17H,6,8,10-14,16H2,1-5H3,(H,28,32)(H,29,31)/t17-/m0/s1. The van der Waals surface area contributed by atoms with Gasteiger partial charge in [-0.05, 0) is 48.3 Å². The number of methoxy groups -OCH3 is 2. The molecular formula is C27H37N3O5S. The Labute approximate surface area is 217 Å². The molecule has 2 amide bonds. The van der Waals surface area contributed by atoms with Gasteiger partial charge in [-0.25, -0.2) is 0 Å². The predicted molar refractivity (Wildman–Crippen MR) is 143 cm³/mol. The van der Waals surface area contributed by atoms with Crippen LogP contribution in [0.3, 0.4) is 0 Å². The van der Waals surface area contributed by atoms with E-state index in [0.29, 0.717) is 46.9 Å². The number of benzene rings is 1. The van der Waals surface area contributed by atoms with Gasteiger partial charge in [0.1, 0.15) is 16.5 Å². The minimum absolute atomic E-state index is 0.115. The van der Waals surface area contributed by atoms with Crippen molar-refractivity contribution in [2.45, 2.75) is 40.0 Å². The fraction of sp³-hybridized carbons (Fsp3) is 0.556. The van der Waals surface area contributed by atoms with E-state index in [1.807, 2.05) is 0 Å². The second-order valence-corrected chi connectivity index (χ2v) is 11.6. The number of anilines is 2. The molecule has 0 unspecified atom stereocenters. The van der Waals surface area contributed by atoms with Crippen LogP contribution in [-0.2, 0) is 22.4 Å². The number of ether oxygens (including phenoxy) is 3. The van der Waals surface area contributed by atoms with E-state index in [0.717, 1.165) is 37.9 Å². The van der Waals surface area contributed by atoms with Crippen molar-refractivity contribution in [1.29, 1.82) is 0 Å². The van der Waals surface area contributed by atoms with Gasteiger partial charge < -0.3 is 24.8 Å². The van der Waals surface area contributed by atoms with Crippen LogP contribution in [0.2, 0.25) is 0 Å². The first-order chi connectivity index (χ1) is 17.2. The van der Waals surface area contributed by atoms with Crippen LogP contribution in [0, 0.1) is 11.3 Å². The molecule has 0 spiro atoms. The van der Waals surface area contributed by atoms with Crippen molar-refractivity contribution in [1.82, 2.24) is 4.90 Å². The summed E-state index contributed by atoms with van der Waals surface area (Å²) in [6, 6.07) is 5.28. The quantitative estimate of drug-likeness (QED) is 0.567. The van der Waals surface area contributed by atoms with Crippen LogP contribution < -0.4 is 20.1 Å². The molecule has 2 heterocycles. The van der Waals surface area contributed by atoms with E-state index in [2.05, 4.69) is 36.3 Å². The number of nitrogens with one attached hydrogen (secondary N) is 2. The third kappa shape index (κ3) is 6.02. The van der Waals surface area contributed by atoms with Crippen molar-refractivity contribution in [3.8, 4) is 11.5 Å². The van der Waals surface area contributed by atoms with E-state index in [1.54, 1.807) is 32.4 Å². The van der Waals surface area contributed by atoms with Crippen molar-refractivity contribution in [2.24, 2.45) is 11.3 Å². The molecule has 1 aliphatic carbocycles. The van der Waals surface area contributed by atoms with Crippen molar-refractivity contribution in [3.63, 3.8) is 0 Å². The number of hydrogen-bond acceptors (Lipinski definition) is 7. The molecule has 0 bridgehead atoms. The van der Waals surface area contributed by atoms with E-state index in [1.165, 1.54) is 16.2 Å². The zero-order valence-corrected chi connectivity index (χ0v) is 22.7. The summed E-state index contributed by atoms with van der Waals surface area (Å²) >= 11 is 1.54. The number of amides is 2. The van der Waals surface area contributed by atoms with Gasteiger partial charge in [0.2, 0.25) is 5.91 Å². The first-order valence-electron chi connectivity index (χ1n) is 12.5. The van der Waals surface area contributed by atoms with Gasteiger partial charge in [0.25, 0.3) is 5.91 Å². The molecule has 2 aliphatic rings. The summed E-state index contributed by atoms with van der Waals surface area (Å²) in [7, 11) is 3.14. The Kier molecular flexibility index (Phi) is 8.22. The average Bonchev–Trinajstić information content (AvgIpc) is 3.20. The van der Waals surface area contributed by atoms with Crippen LogP contribution in [0.4, 0.5) is 10.7 Å². The highest BCUT2D eigenvalue weighted by atomic mass is 32.1. The van der Waals surface area contributed by atoms with Gasteiger partial charge >= 0.3 is 0 Å². The zero-order chi connectivity index (χ0) is 25.9. The van der Waals surface area contributed by atoms with E-state index in [4.69, 9.17) is 14.2 Å². The van der Waals surface area contributed by atoms with Crippen molar-refractivity contribution in [2.75, 3.05) is 57.7 Å². The van der Waals surface area contributed by atoms with E-state index in [9.17, 15) is 9.59 Å². The van der Waals surface area contributed by atoms with Gasteiger partial charge in [0.15, 0.2) is 0 Å². The largest absolute Gasteiger partial charge is 0.497 e. The van der Waals surface area contributed by atoms with Crippen LogP contribution >= 0.6 is 11.3 Å². The topological polar surface area (TPSA) is 89.1 Å².